The number of carbonyl (C=O) groups excluding carboxylic acids is 1. The van der Waals surface area contributed by atoms with E-state index in [1.165, 1.54) is 12.1 Å². The molecule has 0 saturated heterocycles. The zero-order chi connectivity index (χ0) is 23.3. The van der Waals surface area contributed by atoms with Gasteiger partial charge in [-0.2, -0.15) is 5.10 Å². The van der Waals surface area contributed by atoms with Crippen molar-refractivity contribution in [1.82, 2.24) is 25.5 Å². The van der Waals surface area contributed by atoms with Crippen molar-refractivity contribution in [2.45, 2.75) is 13.1 Å². The lowest BCUT2D eigenvalue weighted by atomic mass is 10.1. The highest BCUT2D eigenvalue weighted by molar-refractivity contribution is 5.93. The average molecular weight is 452 g/mol. The summed E-state index contributed by atoms with van der Waals surface area (Å²) in [6.45, 7) is 0.854. The molecule has 0 unspecified atom stereocenters. The molecule has 0 atom stereocenters. The van der Waals surface area contributed by atoms with E-state index in [4.69, 9.17) is 0 Å². The number of H-pyrrole nitrogens is 1. The van der Waals surface area contributed by atoms with Crippen molar-refractivity contribution in [1.29, 1.82) is 0 Å². The van der Waals surface area contributed by atoms with Gasteiger partial charge in [-0.25, -0.2) is 9.37 Å². The van der Waals surface area contributed by atoms with Crippen LogP contribution in [0.2, 0.25) is 0 Å². The molecule has 0 aliphatic rings. The zero-order valence-corrected chi connectivity index (χ0v) is 18.1. The van der Waals surface area contributed by atoms with E-state index in [1.54, 1.807) is 36.8 Å². The van der Waals surface area contributed by atoms with Crippen LogP contribution in [0, 0.1) is 5.82 Å². The third kappa shape index (κ3) is 4.75. The van der Waals surface area contributed by atoms with E-state index in [-0.39, 0.29) is 24.0 Å². The molecule has 5 aromatic rings. The molecule has 34 heavy (non-hydrogen) atoms. The first kappa shape index (κ1) is 21.3. The first-order valence-electron chi connectivity index (χ1n) is 10.7. The molecule has 0 bridgehead atoms. The average Bonchev–Trinajstić information content (AvgIpc) is 3.35. The van der Waals surface area contributed by atoms with Gasteiger partial charge in [0.15, 0.2) is 5.65 Å². The predicted molar refractivity (Wildman–Crippen MR) is 128 cm³/mol. The Morgan fingerprint density at radius 2 is 1.74 bits per heavy atom. The van der Waals surface area contributed by atoms with Crippen molar-refractivity contribution < 1.29 is 9.18 Å². The van der Waals surface area contributed by atoms with Gasteiger partial charge in [-0.3, -0.25) is 14.9 Å². The summed E-state index contributed by atoms with van der Waals surface area (Å²) in [5.74, 6) is -0.625. The molecule has 3 heterocycles. The summed E-state index contributed by atoms with van der Waals surface area (Å²) in [5, 5.41) is 10.7. The van der Waals surface area contributed by atoms with Crippen molar-refractivity contribution in [3.05, 3.63) is 114 Å². The number of amides is 1. The van der Waals surface area contributed by atoms with Crippen LogP contribution in [0.3, 0.4) is 0 Å². The van der Waals surface area contributed by atoms with Gasteiger partial charge in [0.2, 0.25) is 0 Å². The molecule has 2 aromatic carbocycles. The molecule has 2 N–H and O–H groups in total. The van der Waals surface area contributed by atoms with E-state index >= 15 is 0 Å². The van der Waals surface area contributed by atoms with Crippen LogP contribution in [0.15, 0.2) is 91.4 Å². The largest absolute Gasteiger partial charge is 0.347 e. The number of nitrogens with one attached hydrogen (secondary N) is 2. The van der Waals surface area contributed by atoms with Crippen LogP contribution in [-0.4, -0.2) is 26.1 Å². The summed E-state index contributed by atoms with van der Waals surface area (Å²) in [4.78, 5) is 23.6. The SMILES string of the molecule is O=C(NCc1ccc(F)cc1)c1cc(N(Cc2ccccc2)c2cnc3[nH]ncc3c2)ccn1. The third-order valence-corrected chi connectivity index (χ3v) is 5.43. The number of aromatic amines is 1. The number of aromatic nitrogens is 4. The highest BCUT2D eigenvalue weighted by Crippen LogP contribution is 2.29. The standard InChI is InChI=1S/C26H21FN6O/c27-21-8-6-18(7-9-21)14-30-26(34)24-13-22(10-11-28-24)33(17-19-4-2-1-3-5-19)23-12-20-15-31-32-25(20)29-16-23/h1-13,15-16H,14,17H2,(H,30,34)(H,29,31,32). The number of hydrogen-bond acceptors (Lipinski definition) is 5. The highest BCUT2D eigenvalue weighted by atomic mass is 19.1. The highest BCUT2D eigenvalue weighted by Gasteiger charge is 2.15. The number of halogens is 1. The van der Waals surface area contributed by atoms with Crippen LogP contribution in [0.4, 0.5) is 15.8 Å². The van der Waals surface area contributed by atoms with Crippen molar-refractivity contribution >= 4 is 28.3 Å². The van der Waals surface area contributed by atoms with Crippen LogP contribution in [0.25, 0.3) is 11.0 Å². The van der Waals surface area contributed by atoms with E-state index < -0.39 is 0 Å². The molecule has 0 radical (unpaired) electrons. The minimum atomic E-state index is -0.314. The second kappa shape index (κ2) is 9.50. The predicted octanol–water partition coefficient (Wildman–Crippen LogP) is 4.76. The quantitative estimate of drug-likeness (QED) is 0.372. The number of hydrogen-bond donors (Lipinski definition) is 2. The van der Waals surface area contributed by atoms with E-state index in [9.17, 15) is 9.18 Å². The van der Waals surface area contributed by atoms with Crippen molar-refractivity contribution in [3.8, 4) is 0 Å². The second-order valence-corrected chi connectivity index (χ2v) is 7.78. The lowest BCUT2D eigenvalue weighted by Gasteiger charge is -2.25. The number of anilines is 2. The summed E-state index contributed by atoms with van der Waals surface area (Å²) in [7, 11) is 0. The van der Waals surface area contributed by atoms with Crippen molar-refractivity contribution in [3.63, 3.8) is 0 Å². The maximum atomic E-state index is 13.1. The van der Waals surface area contributed by atoms with Crippen molar-refractivity contribution in [2.24, 2.45) is 0 Å². The van der Waals surface area contributed by atoms with Crippen LogP contribution >= 0.6 is 0 Å². The zero-order valence-electron chi connectivity index (χ0n) is 18.1. The van der Waals surface area contributed by atoms with E-state index in [1.807, 2.05) is 42.5 Å². The number of benzene rings is 2. The summed E-state index contributed by atoms with van der Waals surface area (Å²) in [6.07, 6.45) is 5.12. The van der Waals surface area contributed by atoms with Crippen LogP contribution in [0.1, 0.15) is 21.6 Å². The summed E-state index contributed by atoms with van der Waals surface area (Å²) in [5.41, 5.74) is 4.57. The Morgan fingerprint density at radius 3 is 2.56 bits per heavy atom. The van der Waals surface area contributed by atoms with E-state index in [0.717, 1.165) is 27.9 Å². The number of rotatable bonds is 7. The fourth-order valence-corrected chi connectivity index (χ4v) is 3.66. The Hall–Kier alpha value is -4.59. The van der Waals surface area contributed by atoms with Crippen LogP contribution in [-0.2, 0) is 13.1 Å². The molecule has 168 valence electrons. The van der Waals surface area contributed by atoms with Gasteiger partial charge < -0.3 is 10.2 Å². The summed E-state index contributed by atoms with van der Waals surface area (Å²) >= 11 is 0. The van der Waals surface area contributed by atoms with Crippen LogP contribution < -0.4 is 10.2 Å². The number of pyridine rings is 2. The molecule has 0 aliphatic carbocycles. The molecule has 8 heteroatoms. The maximum absolute atomic E-state index is 13.1. The normalized spacial score (nSPS) is 10.9. The van der Waals surface area contributed by atoms with Crippen LogP contribution in [0.5, 0.6) is 0 Å². The maximum Gasteiger partial charge on any atom is 0.270 e. The van der Waals surface area contributed by atoms with E-state index in [0.29, 0.717) is 12.2 Å². The molecule has 3 aromatic heterocycles. The van der Waals surface area contributed by atoms with Gasteiger partial charge in [0.1, 0.15) is 11.5 Å². The molecule has 0 aliphatic heterocycles. The Morgan fingerprint density at radius 1 is 0.912 bits per heavy atom. The molecule has 0 spiro atoms. The smallest absolute Gasteiger partial charge is 0.270 e. The lowest BCUT2D eigenvalue weighted by Crippen LogP contribution is -2.24. The first-order chi connectivity index (χ1) is 16.7. The number of fused-ring (bicyclic) bond motifs is 1. The number of carbonyl (C=O) groups is 1. The minimum Gasteiger partial charge on any atom is -0.347 e. The monoisotopic (exact) mass is 452 g/mol. The molecular formula is C26H21FN6O. The first-order valence-corrected chi connectivity index (χ1v) is 10.7. The fraction of sp³-hybridized carbons (Fsp3) is 0.0769. The molecule has 1 amide bonds. The Balaban J connectivity index is 1.43. The minimum absolute atomic E-state index is 0.278. The molecule has 5 rings (SSSR count). The Bertz CT molecular complexity index is 1420. The van der Waals surface area contributed by atoms with Gasteiger partial charge in [-0.15, -0.1) is 0 Å². The third-order valence-electron chi connectivity index (χ3n) is 5.43. The topological polar surface area (TPSA) is 86.8 Å². The van der Waals surface area contributed by atoms with Gasteiger partial charge in [0.25, 0.3) is 5.91 Å². The fourth-order valence-electron chi connectivity index (χ4n) is 3.66. The van der Waals surface area contributed by atoms with Gasteiger partial charge in [-0.1, -0.05) is 42.5 Å². The Labute approximate surface area is 195 Å². The summed E-state index contributed by atoms with van der Waals surface area (Å²) < 4.78 is 13.1. The summed E-state index contributed by atoms with van der Waals surface area (Å²) in [6, 6.07) is 21.7. The number of nitrogens with zero attached hydrogens (tertiary/aromatic N) is 4. The second-order valence-electron chi connectivity index (χ2n) is 7.78. The molecular weight excluding hydrogens is 431 g/mol. The van der Waals surface area contributed by atoms with Gasteiger partial charge in [0.05, 0.1) is 18.1 Å². The molecule has 0 saturated carbocycles. The molecule has 0 fully saturated rings. The van der Waals surface area contributed by atoms with Crippen molar-refractivity contribution in [2.75, 3.05) is 4.90 Å². The van der Waals surface area contributed by atoms with Gasteiger partial charge >= 0.3 is 0 Å². The lowest BCUT2D eigenvalue weighted by molar-refractivity contribution is 0.0946. The van der Waals surface area contributed by atoms with E-state index in [2.05, 4.69) is 30.4 Å². The van der Waals surface area contributed by atoms with Gasteiger partial charge in [0, 0.05) is 30.4 Å². The van der Waals surface area contributed by atoms with Gasteiger partial charge in [-0.05, 0) is 41.5 Å². The Kier molecular flexibility index (Phi) is 5.94. The molecule has 7 nitrogen and oxygen atoms in total.